The molecule has 122 valence electrons. The van der Waals surface area contributed by atoms with Crippen molar-refractivity contribution >= 4 is 29.2 Å². The number of halogens is 2. The highest BCUT2D eigenvalue weighted by Crippen LogP contribution is 2.34. The van der Waals surface area contributed by atoms with Gasteiger partial charge in [-0.3, -0.25) is 0 Å². The molecule has 1 heterocycles. The number of nitrogens with zero attached hydrogens (tertiary/aromatic N) is 2. The number of hydrogen-bond donors (Lipinski definition) is 0. The van der Waals surface area contributed by atoms with Gasteiger partial charge in [-0.2, -0.15) is 5.10 Å². The molecule has 3 rings (SSSR count). The zero-order valence-corrected chi connectivity index (χ0v) is 14.6. The second-order valence-corrected chi connectivity index (χ2v) is 6.08. The van der Waals surface area contributed by atoms with Crippen LogP contribution >= 0.6 is 23.2 Å². The first-order chi connectivity index (χ1) is 11.5. The van der Waals surface area contributed by atoms with Gasteiger partial charge in [-0.1, -0.05) is 47.5 Å². The number of methoxy groups -OCH3 is 1. The Labute approximate surface area is 149 Å². The molecule has 0 saturated heterocycles. The Morgan fingerprint density at radius 1 is 1.12 bits per heavy atom. The minimum atomic E-state index is -0.588. The number of aromatic nitrogens is 2. The maximum atomic E-state index is 12.0. The molecule has 4 nitrogen and oxygen atoms in total. The van der Waals surface area contributed by atoms with Gasteiger partial charge in [-0.15, -0.1) is 0 Å². The van der Waals surface area contributed by atoms with Crippen LogP contribution in [0.1, 0.15) is 16.1 Å². The molecule has 0 unspecified atom stereocenters. The van der Waals surface area contributed by atoms with Crippen molar-refractivity contribution in [1.29, 1.82) is 0 Å². The molecule has 1 aromatic heterocycles. The number of aryl methyl sites for hydroxylation is 1. The molecule has 0 N–H and O–H groups in total. The fourth-order valence-electron chi connectivity index (χ4n) is 2.46. The molecule has 0 atom stereocenters. The lowest BCUT2D eigenvalue weighted by atomic mass is 10.1. The standard InChI is InChI=1S/C18H14Cl2N2O2/c1-11-5-3-8-14(9-11)22-17(12-6-4-7-13(19)10-12)15(20)16(21-22)18(23)24-2/h3-10H,1-2H3. The van der Waals surface area contributed by atoms with Gasteiger partial charge in [0.15, 0.2) is 5.69 Å². The van der Waals surface area contributed by atoms with Gasteiger partial charge in [-0.25, -0.2) is 9.48 Å². The third kappa shape index (κ3) is 3.03. The smallest absolute Gasteiger partial charge is 0.360 e. The summed E-state index contributed by atoms with van der Waals surface area (Å²) in [6.45, 7) is 1.98. The number of ether oxygens (including phenoxy) is 1. The van der Waals surface area contributed by atoms with E-state index in [-0.39, 0.29) is 10.7 Å². The predicted octanol–water partition coefficient (Wildman–Crippen LogP) is 4.94. The number of rotatable bonds is 3. The van der Waals surface area contributed by atoms with E-state index in [0.29, 0.717) is 10.7 Å². The first kappa shape index (κ1) is 16.6. The Balaban J connectivity index is 2.29. The molecule has 0 amide bonds. The molecule has 0 fully saturated rings. The summed E-state index contributed by atoms with van der Waals surface area (Å²) in [5.74, 6) is -0.588. The van der Waals surface area contributed by atoms with Crippen LogP contribution in [0, 0.1) is 6.92 Å². The third-order valence-corrected chi connectivity index (χ3v) is 4.14. The van der Waals surface area contributed by atoms with Crippen LogP contribution in [0.3, 0.4) is 0 Å². The van der Waals surface area contributed by atoms with Crippen molar-refractivity contribution in [3.63, 3.8) is 0 Å². The summed E-state index contributed by atoms with van der Waals surface area (Å²) in [7, 11) is 1.30. The fraction of sp³-hybridized carbons (Fsp3) is 0.111. The molecule has 6 heteroatoms. The van der Waals surface area contributed by atoms with Crippen molar-refractivity contribution in [3.8, 4) is 16.9 Å². The zero-order chi connectivity index (χ0) is 17.3. The van der Waals surface area contributed by atoms with Gasteiger partial charge in [0, 0.05) is 10.6 Å². The molecule has 0 aliphatic heterocycles. The van der Waals surface area contributed by atoms with E-state index >= 15 is 0 Å². The minimum absolute atomic E-state index is 0.0654. The van der Waals surface area contributed by atoms with E-state index in [1.165, 1.54) is 7.11 Å². The summed E-state index contributed by atoms with van der Waals surface area (Å²) in [6.07, 6.45) is 0. The average Bonchev–Trinajstić information content (AvgIpc) is 2.91. The zero-order valence-electron chi connectivity index (χ0n) is 13.1. The Bertz CT molecular complexity index is 919. The Kier molecular flexibility index (Phi) is 4.60. The van der Waals surface area contributed by atoms with E-state index in [0.717, 1.165) is 16.8 Å². The maximum Gasteiger partial charge on any atom is 0.360 e. The van der Waals surface area contributed by atoms with Crippen molar-refractivity contribution in [3.05, 3.63) is 69.8 Å². The number of benzene rings is 2. The quantitative estimate of drug-likeness (QED) is 0.621. The van der Waals surface area contributed by atoms with Crippen molar-refractivity contribution in [2.75, 3.05) is 7.11 Å². The molecule has 2 aromatic carbocycles. The summed E-state index contributed by atoms with van der Waals surface area (Å²) in [6, 6.07) is 15.0. The molecule has 0 spiro atoms. The van der Waals surface area contributed by atoms with Crippen LogP contribution in [-0.4, -0.2) is 22.9 Å². The van der Waals surface area contributed by atoms with Gasteiger partial charge in [0.25, 0.3) is 0 Å². The topological polar surface area (TPSA) is 44.1 Å². The van der Waals surface area contributed by atoms with Crippen LogP contribution in [0.4, 0.5) is 0 Å². The highest BCUT2D eigenvalue weighted by atomic mass is 35.5. The van der Waals surface area contributed by atoms with Crippen molar-refractivity contribution in [2.24, 2.45) is 0 Å². The summed E-state index contributed by atoms with van der Waals surface area (Å²) >= 11 is 12.6. The molecule has 0 bridgehead atoms. The molecule has 24 heavy (non-hydrogen) atoms. The van der Waals surface area contributed by atoms with E-state index in [1.54, 1.807) is 16.8 Å². The van der Waals surface area contributed by atoms with Crippen molar-refractivity contribution in [2.45, 2.75) is 6.92 Å². The summed E-state index contributed by atoms with van der Waals surface area (Å²) in [5, 5.41) is 5.16. The van der Waals surface area contributed by atoms with Crippen molar-refractivity contribution < 1.29 is 9.53 Å². The SMILES string of the molecule is COC(=O)c1nn(-c2cccc(C)c2)c(-c2cccc(Cl)c2)c1Cl. The van der Waals surface area contributed by atoms with Gasteiger partial charge >= 0.3 is 5.97 Å². The molecule has 0 radical (unpaired) electrons. The lowest BCUT2D eigenvalue weighted by molar-refractivity contribution is 0.0593. The molecule has 0 aliphatic carbocycles. The second-order valence-electron chi connectivity index (χ2n) is 5.26. The van der Waals surface area contributed by atoms with Crippen LogP contribution in [0.15, 0.2) is 48.5 Å². The lowest BCUT2D eigenvalue weighted by Crippen LogP contribution is -2.05. The second kappa shape index (κ2) is 6.67. The van der Waals surface area contributed by atoms with E-state index in [2.05, 4.69) is 5.10 Å². The Hall–Kier alpha value is -2.30. The molecule has 0 saturated carbocycles. The first-order valence-electron chi connectivity index (χ1n) is 7.21. The normalized spacial score (nSPS) is 10.7. The van der Waals surface area contributed by atoms with E-state index in [9.17, 15) is 4.79 Å². The van der Waals surface area contributed by atoms with Gasteiger partial charge in [0.05, 0.1) is 18.5 Å². The van der Waals surface area contributed by atoms with Gasteiger partial charge < -0.3 is 4.74 Å². The molecule has 0 aliphatic rings. The first-order valence-corrected chi connectivity index (χ1v) is 7.96. The van der Waals surface area contributed by atoms with E-state index < -0.39 is 5.97 Å². The van der Waals surface area contributed by atoms with E-state index in [1.807, 2.05) is 43.3 Å². The fourth-order valence-corrected chi connectivity index (χ4v) is 2.95. The number of hydrogen-bond acceptors (Lipinski definition) is 3. The highest BCUT2D eigenvalue weighted by molar-refractivity contribution is 6.36. The maximum absolute atomic E-state index is 12.0. The number of carbonyl (C=O) groups is 1. The predicted molar refractivity (Wildman–Crippen MR) is 95.1 cm³/mol. The van der Waals surface area contributed by atoms with Crippen LogP contribution < -0.4 is 0 Å². The monoisotopic (exact) mass is 360 g/mol. The van der Waals surface area contributed by atoms with Crippen LogP contribution in [0.2, 0.25) is 10.0 Å². The molecular weight excluding hydrogens is 347 g/mol. The summed E-state index contributed by atoms with van der Waals surface area (Å²) in [5.41, 5.74) is 3.27. The van der Waals surface area contributed by atoms with Crippen LogP contribution in [0.5, 0.6) is 0 Å². The average molecular weight is 361 g/mol. The van der Waals surface area contributed by atoms with Gasteiger partial charge in [-0.05, 0) is 36.8 Å². The Morgan fingerprint density at radius 3 is 2.54 bits per heavy atom. The minimum Gasteiger partial charge on any atom is -0.464 e. The van der Waals surface area contributed by atoms with Crippen LogP contribution in [0.25, 0.3) is 16.9 Å². The lowest BCUT2D eigenvalue weighted by Gasteiger charge is -2.09. The summed E-state index contributed by atoms with van der Waals surface area (Å²) in [4.78, 5) is 12.0. The van der Waals surface area contributed by atoms with Crippen molar-refractivity contribution in [1.82, 2.24) is 9.78 Å². The molecular formula is C18H14Cl2N2O2. The largest absolute Gasteiger partial charge is 0.464 e. The summed E-state index contributed by atoms with van der Waals surface area (Å²) < 4.78 is 6.41. The van der Waals surface area contributed by atoms with Gasteiger partial charge in [0.2, 0.25) is 0 Å². The third-order valence-electron chi connectivity index (χ3n) is 3.55. The number of esters is 1. The van der Waals surface area contributed by atoms with Crippen LogP contribution in [-0.2, 0) is 4.74 Å². The molecule has 3 aromatic rings. The Morgan fingerprint density at radius 2 is 1.88 bits per heavy atom. The van der Waals surface area contributed by atoms with Gasteiger partial charge in [0.1, 0.15) is 5.02 Å². The number of carbonyl (C=O) groups excluding carboxylic acids is 1. The van der Waals surface area contributed by atoms with E-state index in [4.69, 9.17) is 27.9 Å². The highest BCUT2D eigenvalue weighted by Gasteiger charge is 2.24.